The van der Waals surface area contributed by atoms with Gasteiger partial charge in [0.05, 0.1) is 5.60 Å². The third-order valence-corrected chi connectivity index (χ3v) is 3.42. The first kappa shape index (κ1) is 16.0. The van der Waals surface area contributed by atoms with Crippen molar-refractivity contribution < 1.29 is 4.74 Å². The Kier molecular flexibility index (Phi) is 9.06. The topological polar surface area (TPSA) is 9.23 Å². The summed E-state index contributed by atoms with van der Waals surface area (Å²) in [5.74, 6) is 0.639. The van der Waals surface area contributed by atoms with Gasteiger partial charge in [-0.15, -0.1) is 11.6 Å². The maximum Gasteiger partial charge on any atom is 0.0651 e. The van der Waals surface area contributed by atoms with Crippen LogP contribution in [0.4, 0.5) is 0 Å². The zero-order valence-electron chi connectivity index (χ0n) is 11.3. The van der Waals surface area contributed by atoms with Crippen molar-refractivity contribution in [2.75, 3.05) is 12.5 Å². The van der Waals surface area contributed by atoms with E-state index in [0.29, 0.717) is 5.88 Å². The summed E-state index contributed by atoms with van der Waals surface area (Å²) in [5.41, 5.74) is 1.54. The standard InChI is InChI=1S/C14H27ClO/c1-5-13(10-12-15)9-8-11-14(4,6-2)16-7-3/h10H,5-9,11-12H2,1-4H3/b13-10+. The fourth-order valence-corrected chi connectivity index (χ4v) is 2.14. The van der Waals surface area contributed by atoms with Crippen molar-refractivity contribution in [1.82, 2.24) is 0 Å². The van der Waals surface area contributed by atoms with Gasteiger partial charge in [-0.05, 0) is 46.0 Å². The molecule has 16 heavy (non-hydrogen) atoms. The molecule has 0 N–H and O–H groups in total. The van der Waals surface area contributed by atoms with E-state index in [-0.39, 0.29) is 5.60 Å². The van der Waals surface area contributed by atoms with Crippen LogP contribution in [0.2, 0.25) is 0 Å². The molecule has 1 nitrogen and oxygen atoms in total. The van der Waals surface area contributed by atoms with Gasteiger partial charge in [0.15, 0.2) is 0 Å². The van der Waals surface area contributed by atoms with Crippen molar-refractivity contribution in [3.05, 3.63) is 11.6 Å². The molecule has 0 aromatic heterocycles. The third-order valence-electron chi connectivity index (χ3n) is 3.26. The zero-order valence-corrected chi connectivity index (χ0v) is 12.1. The van der Waals surface area contributed by atoms with Crippen LogP contribution >= 0.6 is 11.6 Å². The van der Waals surface area contributed by atoms with E-state index in [9.17, 15) is 0 Å². The second-order valence-corrected chi connectivity index (χ2v) is 4.77. The molecule has 0 aliphatic rings. The molecule has 1 atom stereocenters. The predicted octanol–water partition coefficient (Wildman–Crippen LogP) is 4.94. The summed E-state index contributed by atoms with van der Waals surface area (Å²) in [6.45, 7) is 9.49. The lowest BCUT2D eigenvalue weighted by Gasteiger charge is -2.28. The van der Waals surface area contributed by atoms with E-state index in [2.05, 4.69) is 33.8 Å². The molecule has 0 saturated heterocycles. The van der Waals surface area contributed by atoms with E-state index in [1.54, 1.807) is 0 Å². The SMILES string of the molecule is CCOC(C)(CC)CCC/C(=C/CCl)CC. The zero-order chi connectivity index (χ0) is 12.4. The average Bonchev–Trinajstić information content (AvgIpc) is 2.28. The maximum absolute atomic E-state index is 5.81. The lowest BCUT2D eigenvalue weighted by molar-refractivity contribution is -0.0348. The van der Waals surface area contributed by atoms with E-state index in [0.717, 1.165) is 32.3 Å². The highest BCUT2D eigenvalue weighted by Gasteiger charge is 2.21. The summed E-state index contributed by atoms with van der Waals surface area (Å²) in [4.78, 5) is 0. The lowest BCUT2D eigenvalue weighted by atomic mass is 9.93. The quantitative estimate of drug-likeness (QED) is 0.414. The molecule has 1 unspecified atom stereocenters. The molecule has 0 saturated carbocycles. The van der Waals surface area contributed by atoms with Crippen LogP contribution in [-0.4, -0.2) is 18.1 Å². The van der Waals surface area contributed by atoms with Crippen LogP contribution in [0, 0.1) is 0 Å². The number of hydrogen-bond donors (Lipinski definition) is 0. The van der Waals surface area contributed by atoms with Gasteiger partial charge in [0.1, 0.15) is 0 Å². The molecule has 2 heteroatoms. The van der Waals surface area contributed by atoms with Crippen molar-refractivity contribution in [1.29, 1.82) is 0 Å². The lowest BCUT2D eigenvalue weighted by Crippen LogP contribution is -2.27. The largest absolute Gasteiger partial charge is 0.376 e. The normalized spacial score (nSPS) is 16.2. The highest BCUT2D eigenvalue weighted by molar-refractivity contribution is 6.18. The van der Waals surface area contributed by atoms with Gasteiger partial charge in [-0.25, -0.2) is 0 Å². The first-order valence-electron chi connectivity index (χ1n) is 6.49. The highest BCUT2D eigenvalue weighted by atomic mass is 35.5. The molecule has 0 fully saturated rings. The van der Waals surface area contributed by atoms with E-state index in [1.165, 1.54) is 12.0 Å². The van der Waals surface area contributed by atoms with Crippen LogP contribution < -0.4 is 0 Å². The molecule has 0 bridgehead atoms. The minimum Gasteiger partial charge on any atom is -0.376 e. The fraction of sp³-hybridized carbons (Fsp3) is 0.857. The number of allylic oxidation sites excluding steroid dienone is 2. The van der Waals surface area contributed by atoms with Gasteiger partial charge in [0.2, 0.25) is 0 Å². The summed E-state index contributed by atoms with van der Waals surface area (Å²) in [6, 6.07) is 0. The first-order valence-corrected chi connectivity index (χ1v) is 7.03. The maximum atomic E-state index is 5.81. The smallest absolute Gasteiger partial charge is 0.0651 e. The van der Waals surface area contributed by atoms with Gasteiger partial charge in [0.25, 0.3) is 0 Å². The Morgan fingerprint density at radius 1 is 1.31 bits per heavy atom. The van der Waals surface area contributed by atoms with Crippen LogP contribution in [0.3, 0.4) is 0 Å². The number of alkyl halides is 1. The number of hydrogen-bond acceptors (Lipinski definition) is 1. The monoisotopic (exact) mass is 246 g/mol. The molecular weight excluding hydrogens is 220 g/mol. The number of halogens is 1. The molecule has 0 aliphatic carbocycles. The number of rotatable bonds is 9. The van der Waals surface area contributed by atoms with E-state index >= 15 is 0 Å². The van der Waals surface area contributed by atoms with Crippen LogP contribution in [0.1, 0.15) is 59.8 Å². The molecule has 0 heterocycles. The van der Waals surface area contributed by atoms with Crippen LogP contribution in [-0.2, 0) is 4.74 Å². The second kappa shape index (κ2) is 9.07. The van der Waals surface area contributed by atoms with Crippen molar-refractivity contribution in [3.8, 4) is 0 Å². The summed E-state index contributed by atoms with van der Waals surface area (Å²) >= 11 is 5.72. The summed E-state index contributed by atoms with van der Waals surface area (Å²) in [5, 5.41) is 0. The summed E-state index contributed by atoms with van der Waals surface area (Å²) in [6.07, 6.45) is 7.83. The van der Waals surface area contributed by atoms with Gasteiger partial charge >= 0.3 is 0 Å². The third kappa shape index (κ3) is 6.55. The fourth-order valence-electron chi connectivity index (χ4n) is 1.92. The molecule has 0 aliphatic heterocycles. The van der Waals surface area contributed by atoms with Crippen LogP contribution in [0.25, 0.3) is 0 Å². The van der Waals surface area contributed by atoms with Gasteiger partial charge in [-0.2, -0.15) is 0 Å². The molecule has 0 aromatic rings. The molecule has 0 spiro atoms. The van der Waals surface area contributed by atoms with E-state index in [1.807, 2.05) is 0 Å². The van der Waals surface area contributed by atoms with Gasteiger partial charge in [-0.1, -0.05) is 25.5 Å². The van der Waals surface area contributed by atoms with Crippen LogP contribution in [0.5, 0.6) is 0 Å². The Labute approximate surface area is 106 Å². The molecule has 96 valence electrons. The Morgan fingerprint density at radius 3 is 2.44 bits per heavy atom. The average molecular weight is 247 g/mol. The van der Waals surface area contributed by atoms with Crippen molar-refractivity contribution in [3.63, 3.8) is 0 Å². The minimum atomic E-state index is 0.0641. The molecule has 0 radical (unpaired) electrons. The molecule has 0 amide bonds. The highest BCUT2D eigenvalue weighted by Crippen LogP contribution is 2.24. The van der Waals surface area contributed by atoms with E-state index < -0.39 is 0 Å². The molecule has 0 rings (SSSR count). The van der Waals surface area contributed by atoms with Crippen molar-refractivity contribution >= 4 is 11.6 Å². The molecular formula is C14H27ClO. The first-order chi connectivity index (χ1) is 7.61. The van der Waals surface area contributed by atoms with E-state index in [4.69, 9.17) is 16.3 Å². The Balaban J connectivity index is 3.98. The predicted molar refractivity (Wildman–Crippen MR) is 73.3 cm³/mol. The van der Waals surface area contributed by atoms with Gasteiger partial charge < -0.3 is 4.74 Å². The summed E-state index contributed by atoms with van der Waals surface area (Å²) < 4.78 is 5.81. The van der Waals surface area contributed by atoms with Crippen LogP contribution in [0.15, 0.2) is 11.6 Å². The Bertz CT molecular complexity index is 201. The van der Waals surface area contributed by atoms with Crippen molar-refractivity contribution in [2.45, 2.75) is 65.4 Å². The van der Waals surface area contributed by atoms with Gasteiger partial charge in [0, 0.05) is 12.5 Å². The molecule has 0 aromatic carbocycles. The Hall–Kier alpha value is -0.0100. The number of ether oxygens (including phenoxy) is 1. The van der Waals surface area contributed by atoms with Crippen molar-refractivity contribution in [2.24, 2.45) is 0 Å². The van der Waals surface area contributed by atoms with Gasteiger partial charge in [-0.3, -0.25) is 0 Å². The Morgan fingerprint density at radius 2 is 2.00 bits per heavy atom. The summed E-state index contributed by atoms with van der Waals surface area (Å²) in [7, 11) is 0. The minimum absolute atomic E-state index is 0.0641. The second-order valence-electron chi connectivity index (χ2n) is 4.46.